The van der Waals surface area contributed by atoms with Gasteiger partial charge in [-0.3, -0.25) is 4.79 Å². The fraction of sp³-hybridized carbons (Fsp3) is 0.786. The Morgan fingerprint density at radius 3 is 2.80 bits per heavy atom. The van der Waals surface area contributed by atoms with Crippen molar-refractivity contribution in [1.82, 2.24) is 9.36 Å². The van der Waals surface area contributed by atoms with Crippen LogP contribution in [0, 0.1) is 11.8 Å². The lowest BCUT2D eigenvalue weighted by atomic mass is 9.91. The first-order valence-corrected chi connectivity index (χ1v) is 8.22. The van der Waals surface area contributed by atoms with E-state index in [0.29, 0.717) is 18.4 Å². The number of aliphatic carboxylic acids is 1. The van der Waals surface area contributed by atoms with Gasteiger partial charge in [-0.1, -0.05) is 19.8 Å². The van der Waals surface area contributed by atoms with Crippen LogP contribution in [0.15, 0.2) is 0 Å². The van der Waals surface area contributed by atoms with E-state index < -0.39 is 5.97 Å². The van der Waals surface area contributed by atoms with Gasteiger partial charge in [-0.05, 0) is 25.2 Å². The molecule has 2 fully saturated rings. The lowest BCUT2D eigenvalue weighted by Gasteiger charge is -2.34. The predicted molar refractivity (Wildman–Crippen MR) is 78.2 cm³/mol. The first-order valence-electron chi connectivity index (χ1n) is 7.45. The largest absolute Gasteiger partial charge is 0.481 e. The van der Waals surface area contributed by atoms with Crippen LogP contribution in [0.2, 0.25) is 0 Å². The molecule has 0 radical (unpaired) electrons. The third-order valence-electron chi connectivity index (χ3n) is 4.43. The number of carbonyl (C=O) groups is 1. The Kier molecular flexibility index (Phi) is 3.92. The van der Waals surface area contributed by atoms with E-state index in [1.54, 1.807) is 0 Å². The molecule has 1 aromatic heterocycles. The molecule has 5 nitrogen and oxygen atoms in total. The van der Waals surface area contributed by atoms with Crippen molar-refractivity contribution in [3.05, 3.63) is 5.82 Å². The molecule has 1 saturated heterocycles. The number of aromatic nitrogens is 2. The van der Waals surface area contributed by atoms with Gasteiger partial charge < -0.3 is 10.0 Å². The molecule has 0 amide bonds. The van der Waals surface area contributed by atoms with E-state index in [9.17, 15) is 9.90 Å². The highest BCUT2D eigenvalue weighted by Gasteiger charge is 2.31. The second-order valence-electron chi connectivity index (χ2n) is 6.20. The van der Waals surface area contributed by atoms with E-state index in [1.165, 1.54) is 37.2 Å². The van der Waals surface area contributed by atoms with Crippen LogP contribution in [0.1, 0.15) is 50.8 Å². The number of rotatable bonds is 3. The first-order chi connectivity index (χ1) is 9.63. The number of anilines is 1. The minimum atomic E-state index is -0.693. The number of hydrogen-bond donors (Lipinski definition) is 1. The van der Waals surface area contributed by atoms with Gasteiger partial charge in [0, 0.05) is 30.5 Å². The van der Waals surface area contributed by atoms with Gasteiger partial charge in [0.05, 0.1) is 5.92 Å². The van der Waals surface area contributed by atoms with Crippen LogP contribution in [-0.4, -0.2) is 33.5 Å². The van der Waals surface area contributed by atoms with Crippen LogP contribution < -0.4 is 4.90 Å². The Morgan fingerprint density at radius 1 is 1.35 bits per heavy atom. The van der Waals surface area contributed by atoms with Crippen LogP contribution in [0.3, 0.4) is 0 Å². The van der Waals surface area contributed by atoms with E-state index in [1.807, 2.05) is 0 Å². The van der Waals surface area contributed by atoms with E-state index in [-0.39, 0.29) is 5.92 Å². The van der Waals surface area contributed by atoms with E-state index in [2.05, 4.69) is 21.2 Å². The SMILES string of the molecule is CC1CC(C(=O)O)CN(c2nc(C3CCCC3)ns2)C1. The summed E-state index contributed by atoms with van der Waals surface area (Å²) in [5, 5.41) is 10.1. The van der Waals surface area contributed by atoms with Crippen molar-refractivity contribution in [1.29, 1.82) is 0 Å². The molecular weight excluding hydrogens is 274 g/mol. The first kappa shape index (κ1) is 13.8. The zero-order chi connectivity index (χ0) is 14.1. The van der Waals surface area contributed by atoms with E-state index in [4.69, 9.17) is 0 Å². The molecule has 1 aliphatic heterocycles. The zero-order valence-corrected chi connectivity index (χ0v) is 12.6. The van der Waals surface area contributed by atoms with Gasteiger partial charge in [0.2, 0.25) is 5.13 Å². The Morgan fingerprint density at radius 2 is 2.10 bits per heavy atom. The van der Waals surface area contributed by atoms with Gasteiger partial charge in [-0.25, -0.2) is 4.98 Å². The quantitative estimate of drug-likeness (QED) is 0.928. The van der Waals surface area contributed by atoms with Crippen LogP contribution in [0.25, 0.3) is 0 Å². The number of carboxylic acids is 1. The molecule has 0 bridgehead atoms. The van der Waals surface area contributed by atoms with Gasteiger partial charge >= 0.3 is 5.97 Å². The summed E-state index contributed by atoms with van der Waals surface area (Å²) in [6.07, 6.45) is 5.72. The van der Waals surface area contributed by atoms with Crippen LogP contribution >= 0.6 is 11.5 Å². The van der Waals surface area contributed by atoms with Gasteiger partial charge in [0.15, 0.2) is 0 Å². The van der Waals surface area contributed by atoms with Crippen molar-refractivity contribution in [2.24, 2.45) is 11.8 Å². The minimum Gasteiger partial charge on any atom is -0.481 e. The lowest BCUT2D eigenvalue weighted by Crippen LogP contribution is -2.42. The average molecular weight is 295 g/mol. The molecule has 2 heterocycles. The standard InChI is InChI=1S/C14H21N3O2S/c1-9-6-11(13(18)19)8-17(7-9)14-15-12(16-20-14)10-4-2-3-5-10/h9-11H,2-8H2,1H3,(H,18,19). The predicted octanol–water partition coefficient (Wildman–Crippen LogP) is 2.74. The fourth-order valence-corrected chi connectivity index (χ4v) is 4.16. The molecular formula is C14H21N3O2S. The maximum absolute atomic E-state index is 11.2. The highest BCUT2D eigenvalue weighted by Crippen LogP contribution is 2.35. The molecule has 1 aliphatic carbocycles. The molecule has 3 rings (SSSR count). The highest BCUT2D eigenvalue weighted by atomic mass is 32.1. The van der Waals surface area contributed by atoms with Crippen molar-refractivity contribution >= 4 is 22.6 Å². The topological polar surface area (TPSA) is 66.3 Å². The molecule has 2 atom stereocenters. The maximum Gasteiger partial charge on any atom is 0.308 e. The molecule has 0 spiro atoms. The summed E-state index contributed by atoms with van der Waals surface area (Å²) in [4.78, 5) is 18.0. The Balaban J connectivity index is 1.73. The molecule has 6 heteroatoms. The maximum atomic E-state index is 11.2. The van der Waals surface area contributed by atoms with Gasteiger partial charge in [0.25, 0.3) is 0 Å². The third kappa shape index (κ3) is 2.80. The summed E-state index contributed by atoms with van der Waals surface area (Å²) in [6.45, 7) is 3.57. The summed E-state index contributed by atoms with van der Waals surface area (Å²) in [5.41, 5.74) is 0. The van der Waals surface area contributed by atoms with Crippen LogP contribution in [0.4, 0.5) is 5.13 Å². The van der Waals surface area contributed by atoms with Gasteiger partial charge in [-0.15, -0.1) is 0 Å². The van der Waals surface area contributed by atoms with Gasteiger partial charge in [-0.2, -0.15) is 4.37 Å². The second kappa shape index (κ2) is 5.68. The Bertz CT molecular complexity index is 485. The number of carboxylic acid groups (broad SMARTS) is 1. The Hall–Kier alpha value is -1.17. The molecule has 1 saturated carbocycles. The molecule has 1 aromatic rings. The summed E-state index contributed by atoms with van der Waals surface area (Å²) in [5.74, 6) is 0.924. The van der Waals surface area contributed by atoms with Crippen molar-refractivity contribution in [3.63, 3.8) is 0 Å². The van der Waals surface area contributed by atoms with Gasteiger partial charge in [0.1, 0.15) is 5.82 Å². The summed E-state index contributed by atoms with van der Waals surface area (Å²) < 4.78 is 4.51. The molecule has 1 N–H and O–H groups in total. The van der Waals surface area contributed by atoms with Crippen LogP contribution in [0.5, 0.6) is 0 Å². The molecule has 2 unspecified atom stereocenters. The molecule has 110 valence electrons. The Labute approximate surface area is 123 Å². The summed E-state index contributed by atoms with van der Waals surface area (Å²) >= 11 is 1.43. The van der Waals surface area contributed by atoms with Crippen molar-refractivity contribution < 1.29 is 9.90 Å². The second-order valence-corrected chi connectivity index (χ2v) is 6.93. The third-order valence-corrected chi connectivity index (χ3v) is 5.22. The average Bonchev–Trinajstić information content (AvgIpc) is 3.09. The normalized spacial score (nSPS) is 27.9. The van der Waals surface area contributed by atoms with Crippen LogP contribution in [-0.2, 0) is 4.79 Å². The molecule has 0 aromatic carbocycles. The van der Waals surface area contributed by atoms with Crippen molar-refractivity contribution in [2.45, 2.75) is 44.9 Å². The number of piperidine rings is 1. The summed E-state index contributed by atoms with van der Waals surface area (Å²) in [6, 6.07) is 0. The monoisotopic (exact) mass is 295 g/mol. The fourth-order valence-electron chi connectivity index (χ4n) is 3.39. The van der Waals surface area contributed by atoms with Crippen molar-refractivity contribution in [3.8, 4) is 0 Å². The highest BCUT2D eigenvalue weighted by molar-refractivity contribution is 7.09. The van der Waals surface area contributed by atoms with E-state index >= 15 is 0 Å². The lowest BCUT2D eigenvalue weighted by molar-refractivity contribution is -0.142. The smallest absolute Gasteiger partial charge is 0.308 e. The molecule has 20 heavy (non-hydrogen) atoms. The zero-order valence-electron chi connectivity index (χ0n) is 11.8. The molecule has 2 aliphatic rings. The number of nitrogens with zero attached hydrogens (tertiary/aromatic N) is 3. The summed E-state index contributed by atoms with van der Waals surface area (Å²) in [7, 11) is 0. The minimum absolute atomic E-state index is 0.280. The van der Waals surface area contributed by atoms with E-state index in [0.717, 1.165) is 23.9 Å². The number of hydrogen-bond acceptors (Lipinski definition) is 5. The van der Waals surface area contributed by atoms with Crippen molar-refractivity contribution in [2.75, 3.05) is 18.0 Å².